The summed E-state index contributed by atoms with van der Waals surface area (Å²) < 4.78 is 4.99. The second-order valence-electron chi connectivity index (χ2n) is 4.14. The topological polar surface area (TPSA) is 58.6 Å². The molecule has 5 nitrogen and oxygen atoms in total. The molecule has 6 heteroatoms. The molecule has 1 aromatic carbocycles. The summed E-state index contributed by atoms with van der Waals surface area (Å²) in [5.41, 5.74) is 4.65. The van der Waals surface area contributed by atoms with Crippen molar-refractivity contribution in [1.82, 2.24) is 10.4 Å². The van der Waals surface area contributed by atoms with Crippen LogP contribution < -0.4 is 5.43 Å². The van der Waals surface area contributed by atoms with Gasteiger partial charge in [0.1, 0.15) is 0 Å². The van der Waals surface area contributed by atoms with Crippen molar-refractivity contribution in [3.8, 4) is 0 Å². The number of hydrazine groups is 1. The Bertz CT molecular complexity index is 493. The highest BCUT2D eigenvalue weighted by molar-refractivity contribution is 9.09. The van der Waals surface area contributed by atoms with Gasteiger partial charge in [-0.2, -0.15) is 0 Å². The zero-order valence-electron chi connectivity index (χ0n) is 10.6. The first kappa shape index (κ1) is 14.0. The number of nitrogens with one attached hydrogen (secondary N) is 1. The summed E-state index contributed by atoms with van der Waals surface area (Å²) in [5.74, 6) is -0.431. The number of halogens is 1. The van der Waals surface area contributed by atoms with Gasteiger partial charge in [0, 0.05) is 5.56 Å². The molecular formula is C13H15BrN2O3. The lowest BCUT2D eigenvalue weighted by Gasteiger charge is -2.35. The largest absolute Gasteiger partial charge is 0.466 e. The Morgan fingerprint density at radius 3 is 2.89 bits per heavy atom. The second-order valence-corrected chi connectivity index (χ2v) is 4.64. The summed E-state index contributed by atoms with van der Waals surface area (Å²) in [4.78, 5) is 23.6. The van der Waals surface area contributed by atoms with Gasteiger partial charge in [-0.1, -0.05) is 34.1 Å². The van der Waals surface area contributed by atoms with Crippen LogP contribution in [0.3, 0.4) is 0 Å². The van der Waals surface area contributed by atoms with E-state index in [4.69, 9.17) is 4.74 Å². The van der Waals surface area contributed by atoms with Crippen molar-refractivity contribution >= 4 is 27.8 Å². The van der Waals surface area contributed by atoms with Gasteiger partial charge in [-0.15, -0.1) is 0 Å². The predicted octanol–water partition coefficient (Wildman–Crippen LogP) is 1.99. The molecule has 1 unspecified atom stereocenters. The Hall–Kier alpha value is -1.40. The Labute approximate surface area is 120 Å². The highest BCUT2D eigenvalue weighted by Crippen LogP contribution is 2.30. The van der Waals surface area contributed by atoms with Crippen molar-refractivity contribution < 1.29 is 14.3 Å². The molecule has 1 N–H and O–H groups in total. The van der Waals surface area contributed by atoms with Crippen molar-refractivity contribution in [1.29, 1.82) is 0 Å². The number of amides is 1. The van der Waals surface area contributed by atoms with E-state index in [-0.39, 0.29) is 24.3 Å². The number of carbonyl (C=O) groups is 2. The fraction of sp³-hybridized carbons (Fsp3) is 0.385. The molecule has 0 aromatic heterocycles. The summed E-state index contributed by atoms with van der Waals surface area (Å²) >= 11 is 3.32. The van der Waals surface area contributed by atoms with Crippen molar-refractivity contribution in [2.24, 2.45) is 0 Å². The van der Waals surface area contributed by atoms with E-state index in [9.17, 15) is 9.59 Å². The summed E-state index contributed by atoms with van der Waals surface area (Å²) in [6.07, 6.45) is 0.205. The molecule has 1 amide bonds. The maximum atomic E-state index is 11.9. The van der Waals surface area contributed by atoms with E-state index < -0.39 is 0 Å². The van der Waals surface area contributed by atoms with Gasteiger partial charge in [-0.25, -0.2) is 5.01 Å². The van der Waals surface area contributed by atoms with Gasteiger partial charge < -0.3 is 4.74 Å². The van der Waals surface area contributed by atoms with Crippen LogP contribution in [-0.4, -0.2) is 28.9 Å². The lowest BCUT2D eigenvalue weighted by atomic mass is 9.95. The van der Waals surface area contributed by atoms with Crippen molar-refractivity contribution in [3.05, 3.63) is 35.4 Å². The predicted molar refractivity (Wildman–Crippen MR) is 73.5 cm³/mol. The van der Waals surface area contributed by atoms with Gasteiger partial charge in [0.2, 0.25) is 0 Å². The first-order chi connectivity index (χ1) is 9.17. The van der Waals surface area contributed by atoms with Crippen LogP contribution in [0.5, 0.6) is 0 Å². The van der Waals surface area contributed by atoms with Crippen molar-refractivity contribution in [2.45, 2.75) is 19.4 Å². The first-order valence-electron chi connectivity index (χ1n) is 6.05. The number of benzene rings is 1. The Kier molecular flexibility index (Phi) is 4.55. The Morgan fingerprint density at radius 2 is 2.21 bits per heavy atom. The summed E-state index contributed by atoms with van der Waals surface area (Å²) in [7, 11) is 0. The van der Waals surface area contributed by atoms with Crippen molar-refractivity contribution in [2.75, 3.05) is 12.1 Å². The molecule has 1 aliphatic heterocycles. The summed E-state index contributed by atoms with van der Waals surface area (Å²) in [6.45, 7) is 2.13. The number of rotatable bonds is 4. The van der Waals surface area contributed by atoms with E-state index in [0.717, 1.165) is 5.56 Å². The van der Waals surface area contributed by atoms with Gasteiger partial charge in [0.15, 0.2) is 0 Å². The molecule has 1 aliphatic rings. The van der Waals surface area contributed by atoms with Gasteiger partial charge >= 0.3 is 5.97 Å². The summed E-state index contributed by atoms with van der Waals surface area (Å²) in [5, 5.41) is 1.70. The minimum atomic E-state index is -0.274. The number of alkyl halides is 1. The smallest absolute Gasteiger partial charge is 0.307 e. The highest BCUT2D eigenvalue weighted by atomic mass is 79.9. The first-order valence-corrected chi connectivity index (χ1v) is 7.17. The Balaban J connectivity index is 2.30. The van der Waals surface area contributed by atoms with Gasteiger partial charge in [0.25, 0.3) is 5.91 Å². The van der Waals surface area contributed by atoms with E-state index in [1.165, 1.54) is 0 Å². The monoisotopic (exact) mass is 326 g/mol. The number of carbonyl (C=O) groups excluding carboxylic acids is 2. The van der Waals surface area contributed by atoms with Crippen LogP contribution in [0.1, 0.15) is 35.3 Å². The van der Waals surface area contributed by atoms with Crippen LogP contribution in [0, 0.1) is 0 Å². The van der Waals surface area contributed by atoms with E-state index in [0.29, 0.717) is 17.6 Å². The maximum absolute atomic E-state index is 11.9. The fourth-order valence-corrected chi connectivity index (χ4v) is 2.62. The number of hydrogen-bond acceptors (Lipinski definition) is 4. The average molecular weight is 327 g/mol. The van der Waals surface area contributed by atoms with E-state index in [1.54, 1.807) is 18.0 Å². The fourth-order valence-electron chi connectivity index (χ4n) is 2.14. The zero-order chi connectivity index (χ0) is 13.8. The van der Waals surface area contributed by atoms with E-state index in [1.807, 2.05) is 18.2 Å². The molecule has 0 bridgehead atoms. The highest BCUT2D eigenvalue weighted by Gasteiger charge is 2.32. The van der Waals surface area contributed by atoms with Crippen molar-refractivity contribution in [3.63, 3.8) is 0 Å². The zero-order valence-corrected chi connectivity index (χ0v) is 12.1. The molecule has 0 spiro atoms. The van der Waals surface area contributed by atoms with Crippen LogP contribution >= 0.6 is 15.9 Å². The lowest BCUT2D eigenvalue weighted by Crippen LogP contribution is -2.48. The SMILES string of the molecule is CCOC(=O)CC1c2ccccc2C(=O)NN1CBr. The normalized spacial score (nSPS) is 18.6. The lowest BCUT2D eigenvalue weighted by molar-refractivity contribution is -0.144. The number of nitrogens with zero attached hydrogens (tertiary/aromatic N) is 1. The molecular weight excluding hydrogens is 312 g/mol. The van der Waals surface area contributed by atoms with Crippen LogP contribution in [0.25, 0.3) is 0 Å². The van der Waals surface area contributed by atoms with Crippen LogP contribution in [-0.2, 0) is 9.53 Å². The number of esters is 1. The molecule has 0 aliphatic carbocycles. The molecule has 1 aromatic rings. The van der Waals surface area contributed by atoms with Gasteiger partial charge in [-0.05, 0) is 18.6 Å². The quantitative estimate of drug-likeness (QED) is 0.522. The standard InChI is InChI=1S/C13H15BrN2O3/c1-2-19-12(17)7-11-9-5-3-4-6-10(9)13(18)15-16(11)8-14/h3-6,11H,2,7-8H2,1H3,(H,15,18). The molecule has 19 heavy (non-hydrogen) atoms. The minimum Gasteiger partial charge on any atom is -0.466 e. The van der Waals surface area contributed by atoms with Crippen LogP contribution in [0.15, 0.2) is 24.3 Å². The van der Waals surface area contributed by atoms with Gasteiger partial charge in [0.05, 0.1) is 24.5 Å². The third-order valence-electron chi connectivity index (χ3n) is 2.98. The van der Waals surface area contributed by atoms with Gasteiger partial charge in [-0.3, -0.25) is 15.0 Å². The molecule has 0 fully saturated rings. The molecule has 1 heterocycles. The second kappa shape index (κ2) is 6.16. The van der Waals surface area contributed by atoms with E-state index >= 15 is 0 Å². The molecule has 102 valence electrons. The minimum absolute atomic E-state index is 0.157. The average Bonchev–Trinajstić information content (AvgIpc) is 2.42. The maximum Gasteiger partial charge on any atom is 0.307 e. The number of ether oxygens (including phenoxy) is 1. The number of hydrogen-bond donors (Lipinski definition) is 1. The third-order valence-corrected chi connectivity index (χ3v) is 3.52. The molecule has 0 radical (unpaired) electrons. The third kappa shape index (κ3) is 2.96. The van der Waals surface area contributed by atoms with E-state index in [2.05, 4.69) is 21.4 Å². The Morgan fingerprint density at radius 1 is 1.47 bits per heavy atom. The van der Waals surface area contributed by atoms with Crippen LogP contribution in [0.4, 0.5) is 0 Å². The molecule has 2 rings (SSSR count). The molecule has 1 atom stereocenters. The number of fused-ring (bicyclic) bond motifs is 1. The molecule has 0 saturated carbocycles. The summed E-state index contributed by atoms with van der Waals surface area (Å²) in [6, 6.07) is 7.08. The molecule has 0 saturated heterocycles. The van der Waals surface area contributed by atoms with Crippen LogP contribution in [0.2, 0.25) is 0 Å².